The topological polar surface area (TPSA) is 43.4 Å². The highest BCUT2D eigenvalue weighted by molar-refractivity contribution is 6.11. The van der Waals surface area contributed by atoms with E-state index in [9.17, 15) is 9.59 Å². The van der Waals surface area contributed by atoms with E-state index in [4.69, 9.17) is 4.74 Å². The summed E-state index contributed by atoms with van der Waals surface area (Å²) in [5.74, 6) is 0.537. The Labute approximate surface area is 158 Å². The molecule has 0 heterocycles. The van der Waals surface area contributed by atoms with Crippen molar-refractivity contribution in [1.82, 2.24) is 0 Å². The Balaban J connectivity index is 1.89. The van der Waals surface area contributed by atoms with E-state index in [1.54, 1.807) is 49.6 Å². The molecule has 0 saturated heterocycles. The average Bonchev–Trinajstić information content (AvgIpc) is 2.74. The van der Waals surface area contributed by atoms with Crippen molar-refractivity contribution in [3.63, 3.8) is 0 Å². The van der Waals surface area contributed by atoms with Gasteiger partial charge in [0.25, 0.3) is 0 Å². The van der Waals surface area contributed by atoms with Crippen LogP contribution in [0.3, 0.4) is 0 Å². The highest BCUT2D eigenvalue weighted by atomic mass is 16.5. The standard InChI is InChI=1S/C24H20O3/c1-27-22-14-12-20(13-15-22)24(26)17-21(18-8-4-2-5-9-18)16-23(25)19-10-6-3-7-11-19/h2-16H,17H2,1H3/b21-16+. The molecular weight excluding hydrogens is 336 g/mol. The largest absolute Gasteiger partial charge is 0.497 e. The fraction of sp³-hybridized carbons (Fsp3) is 0.0833. The predicted molar refractivity (Wildman–Crippen MR) is 107 cm³/mol. The summed E-state index contributed by atoms with van der Waals surface area (Å²) in [5.41, 5.74) is 2.75. The lowest BCUT2D eigenvalue weighted by Gasteiger charge is -2.08. The Kier molecular flexibility index (Phi) is 5.95. The maximum absolute atomic E-state index is 12.8. The minimum Gasteiger partial charge on any atom is -0.497 e. The summed E-state index contributed by atoms with van der Waals surface area (Å²) in [5, 5.41) is 0. The van der Waals surface area contributed by atoms with Gasteiger partial charge < -0.3 is 4.74 Å². The molecule has 0 aliphatic carbocycles. The molecule has 0 aromatic heterocycles. The van der Waals surface area contributed by atoms with E-state index >= 15 is 0 Å². The number of ketones is 2. The first-order valence-electron chi connectivity index (χ1n) is 8.70. The number of methoxy groups -OCH3 is 1. The van der Waals surface area contributed by atoms with Crippen LogP contribution in [0.5, 0.6) is 5.75 Å². The molecule has 0 spiro atoms. The summed E-state index contributed by atoms with van der Waals surface area (Å²) >= 11 is 0. The van der Waals surface area contributed by atoms with Gasteiger partial charge in [-0.05, 0) is 41.5 Å². The van der Waals surface area contributed by atoms with Gasteiger partial charge >= 0.3 is 0 Å². The summed E-state index contributed by atoms with van der Waals surface area (Å²) in [6, 6.07) is 25.6. The summed E-state index contributed by atoms with van der Waals surface area (Å²) in [6.07, 6.45) is 1.71. The zero-order valence-electron chi connectivity index (χ0n) is 15.1. The third kappa shape index (κ3) is 4.79. The van der Waals surface area contributed by atoms with Gasteiger partial charge in [-0.15, -0.1) is 0 Å². The van der Waals surface area contributed by atoms with Crippen LogP contribution in [0.2, 0.25) is 0 Å². The van der Waals surface area contributed by atoms with Gasteiger partial charge in [-0.1, -0.05) is 60.7 Å². The molecule has 27 heavy (non-hydrogen) atoms. The van der Waals surface area contributed by atoms with Crippen molar-refractivity contribution in [2.45, 2.75) is 6.42 Å². The summed E-state index contributed by atoms with van der Waals surface area (Å²) in [4.78, 5) is 25.4. The zero-order valence-corrected chi connectivity index (χ0v) is 15.1. The monoisotopic (exact) mass is 356 g/mol. The van der Waals surface area contributed by atoms with Gasteiger partial charge in [-0.25, -0.2) is 0 Å². The Bertz CT molecular complexity index is 940. The van der Waals surface area contributed by atoms with Crippen molar-refractivity contribution < 1.29 is 14.3 Å². The molecule has 3 heteroatoms. The molecule has 0 fully saturated rings. The van der Waals surface area contributed by atoms with E-state index in [-0.39, 0.29) is 18.0 Å². The molecule has 134 valence electrons. The van der Waals surface area contributed by atoms with Crippen molar-refractivity contribution in [3.8, 4) is 5.75 Å². The third-order valence-corrected chi connectivity index (χ3v) is 4.27. The number of allylic oxidation sites excluding steroid dienone is 2. The van der Waals surface area contributed by atoms with Crippen LogP contribution in [0.15, 0.2) is 91.0 Å². The van der Waals surface area contributed by atoms with Crippen molar-refractivity contribution in [3.05, 3.63) is 108 Å². The molecule has 0 aliphatic rings. The fourth-order valence-electron chi connectivity index (χ4n) is 2.78. The lowest BCUT2D eigenvalue weighted by Crippen LogP contribution is -2.03. The zero-order chi connectivity index (χ0) is 19.1. The minimum atomic E-state index is -0.114. The van der Waals surface area contributed by atoms with E-state index < -0.39 is 0 Å². The minimum absolute atomic E-state index is 0.0476. The molecule has 0 atom stereocenters. The van der Waals surface area contributed by atoms with Gasteiger partial charge in [-0.3, -0.25) is 9.59 Å². The molecule has 3 aromatic carbocycles. The van der Waals surface area contributed by atoms with Gasteiger partial charge in [0.2, 0.25) is 0 Å². The van der Waals surface area contributed by atoms with Crippen LogP contribution in [-0.4, -0.2) is 18.7 Å². The second-order valence-electron chi connectivity index (χ2n) is 6.09. The number of Topliss-reactive ketones (excluding diaryl/α,β-unsaturated/α-hetero) is 1. The van der Waals surface area contributed by atoms with Crippen LogP contribution < -0.4 is 4.74 Å². The highest BCUT2D eigenvalue weighted by Crippen LogP contribution is 2.22. The van der Waals surface area contributed by atoms with Gasteiger partial charge in [0.05, 0.1) is 7.11 Å². The van der Waals surface area contributed by atoms with E-state index in [1.807, 2.05) is 48.5 Å². The molecular formula is C24H20O3. The van der Waals surface area contributed by atoms with Crippen molar-refractivity contribution >= 4 is 17.1 Å². The van der Waals surface area contributed by atoms with E-state index in [1.165, 1.54) is 0 Å². The molecule has 0 aliphatic heterocycles. The summed E-state index contributed by atoms with van der Waals surface area (Å²) in [6.45, 7) is 0. The Morgan fingerprint density at radius 2 is 1.30 bits per heavy atom. The average molecular weight is 356 g/mol. The first-order valence-corrected chi connectivity index (χ1v) is 8.70. The summed E-state index contributed by atoms with van der Waals surface area (Å²) < 4.78 is 5.13. The maximum atomic E-state index is 12.8. The second-order valence-corrected chi connectivity index (χ2v) is 6.09. The molecule has 0 saturated carbocycles. The normalized spacial score (nSPS) is 11.1. The quantitative estimate of drug-likeness (QED) is 0.430. The van der Waals surface area contributed by atoms with Gasteiger partial charge in [-0.2, -0.15) is 0 Å². The molecule has 0 amide bonds. The lowest BCUT2D eigenvalue weighted by atomic mass is 9.95. The van der Waals surface area contributed by atoms with Crippen molar-refractivity contribution in [2.24, 2.45) is 0 Å². The molecule has 3 aromatic rings. The summed E-state index contributed by atoms with van der Waals surface area (Å²) in [7, 11) is 1.59. The number of rotatable bonds is 7. The van der Waals surface area contributed by atoms with Gasteiger partial charge in [0.15, 0.2) is 11.6 Å². The van der Waals surface area contributed by atoms with E-state index in [0.29, 0.717) is 22.4 Å². The molecule has 3 nitrogen and oxygen atoms in total. The van der Waals surface area contributed by atoms with Crippen molar-refractivity contribution in [1.29, 1.82) is 0 Å². The van der Waals surface area contributed by atoms with Crippen LogP contribution in [0.25, 0.3) is 5.57 Å². The number of benzene rings is 3. The number of hydrogen-bond acceptors (Lipinski definition) is 3. The first-order chi connectivity index (χ1) is 13.2. The van der Waals surface area contributed by atoms with Gasteiger partial charge in [0, 0.05) is 17.5 Å². The van der Waals surface area contributed by atoms with E-state index in [0.717, 1.165) is 5.56 Å². The third-order valence-electron chi connectivity index (χ3n) is 4.27. The smallest absolute Gasteiger partial charge is 0.186 e. The molecule has 0 radical (unpaired) electrons. The van der Waals surface area contributed by atoms with E-state index in [2.05, 4.69) is 0 Å². The van der Waals surface area contributed by atoms with Crippen LogP contribution in [0, 0.1) is 0 Å². The van der Waals surface area contributed by atoms with Crippen LogP contribution >= 0.6 is 0 Å². The Morgan fingerprint density at radius 3 is 1.85 bits per heavy atom. The highest BCUT2D eigenvalue weighted by Gasteiger charge is 2.13. The Morgan fingerprint density at radius 1 is 0.741 bits per heavy atom. The van der Waals surface area contributed by atoms with Gasteiger partial charge in [0.1, 0.15) is 5.75 Å². The van der Waals surface area contributed by atoms with Crippen molar-refractivity contribution in [2.75, 3.05) is 7.11 Å². The molecule has 3 rings (SSSR count). The number of ether oxygens (including phenoxy) is 1. The first kappa shape index (κ1) is 18.3. The lowest BCUT2D eigenvalue weighted by molar-refractivity contribution is 0.0998. The SMILES string of the molecule is COc1ccc(C(=O)C/C(=C\C(=O)c2ccccc2)c2ccccc2)cc1. The molecule has 0 bridgehead atoms. The number of hydrogen-bond donors (Lipinski definition) is 0. The number of carbonyl (C=O) groups is 2. The maximum Gasteiger partial charge on any atom is 0.186 e. The molecule has 0 unspecified atom stereocenters. The fourth-order valence-corrected chi connectivity index (χ4v) is 2.78. The van der Waals surface area contributed by atoms with Crippen LogP contribution in [0.1, 0.15) is 32.7 Å². The molecule has 0 N–H and O–H groups in total. The number of carbonyl (C=O) groups excluding carboxylic acids is 2. The van der Waals surface area contributed by atoms with Crippen LogP contribution in [-0.2, 0) is 0 Å². The second kappa shape index (κ2) is 8.77. The Hall–Kier alpha value is -3.46. The predicted octanol–water partition coefficient (Wildman–Crippen LogP) is 5.23. The van der Waals surface area contributed by atoms with Crippen LogP contribution in [0.4, 0.5) is 0 Å².